The number of hydrogen-bond donors (Lipinski definition) is 1. The summed E-state index contributed by atoms with van der Waals surface area (Å²) in [6.07, 6.45) is 2.37. The van der Waals surface area contributed by atoms with Crippen molar-refractivity contribution in [3.63, 3.8) is 0 Å². The fourth-order valence-electron chi connectivity index (χ4n) is 3.13. The molecule has 1 saturated heterocycles. The number of ether oxygens (including phenoxy) is 1. The van der Waals surface area contributed by atoms with Gasteiger partial charge in [0, 0.05) is 13.6 Å². The van der Waals surface area contributed by atoms with E-state index in [1.807, 2.05) is 0 Å². The van der Waals surface area contributed by atoms with Crippen molar-refractivity contribution in [2.24, 2.45) is 0 Å². The van der Waals surface area contributed by atoms with Gasteiger partial charge in [-0.05, 0) is 31.0 Å². The summed E-state index contributed by atoms with van der Waals surface area (Å²) in [5, 5.41) is 3.48. The number of rotatable bonds is 1. The van der Waals surface area contributed by atoms with Gasteiger partial charge in [0.2, 0.25) is 0 Å². The average molecular weight is 218 g/mol. The van der Waals surface area contributed by atoms with Crippen molar-refractivity contribution in [2.45, 2.75) is 18.4 Å². The van der Waals surface area contributed by atoms with Crippen LogP contribution in [-0.2, 0) is 6.42 Å². The SMILES string of the molecule is COc1cccc2c1N(C)C1(CCNC1)C2. The van der Waals surface area contributed by atoms with Gasteiger partial charge in [-0.15, -0.1) is 0 Å². The zero-order chi connectivity index (χ0) is 11.2. The molecule has 3 heteroatoms. The van der Waals surface area contributed by atoms with E-state index in [4.69, 9.17) is 4.74 Å². The lowest BCUT2D eigenvalue weighted by atomic mass is 9.93. The number of nitrogens with zero attached hydrogens (tertiary/aromatic N) is 1. The van der Waals surface area contributed by atoms with Crippen LogP contribution in [0, 0.1) is 0 Å². The number of hydrogen-bond acceptors (Lipinski definition) is 3. The summed E-state index contributed by atoms with van der Waals surface area (Å²) in [5.74, 6) is 1.00. The van der Waals surface area contributed by atoms with Gasteiger partial charge in [-0.3, -0.25) is 0 Å². The lowest BCUT2D eigenvalue weighted by molar-refractivity contribution is 0.410. The Hall–Kier alpha value is -1.22. The van der Waals surface area contributed by atoms with E-state index in [1.165, 1.54) is 17.7 Å². The number of para-hydroxylation sites is 1. The summed E-state index contributed by atoms with van der Waals surface area (Å²) in [4.78, 5) is 2.42. The topological polar surface area (TPSA) is 24.5 Å². The normalized spacial score (nSPS) is 27.5. The van der Waals surface area contributed by atoms with Crippen molar-refractivity contribution in [3.05, 3.63) is 23.8 Å². The van der Waals surface area contributed by atoms with Crippen molar-refractivity contribution in [1.29, 1.82) is 0 Å². The highest BCUT2D eigenvalue weighted by Gasteiger charge is 2.44. The first kappa shape index (κ1) is 9.97. The molecule has 0 saturated carbocycles. The first-order valence-electron chi connectivity index (χ1n) is 5.87. The molecule has 1 spiro atoms. The standard InChI is InChI=1S/C13H18N2O/c1-15-12-10(4-3-5-11(12)16-2)8-13(15)6-7-14-9-13/h3-5,14H,6-9H2,1-2H3. The highest BCUT2D eigenvalue weighted by molar-refractivity contribution is 5.69. The van der Waals surface area contributed by atoms with Crippen LogP contribution in [0.3, 0.4) is 0 Å². The van der Waals surface area contributed by atoms with Crippen LogP contribution in [0.1, 0.15) is 12.0 Å². The molecule has 16 heavy (non-hydrogen) atoms. The minimum absolute atomic E-state index is 0.289. The molecule has 2 aliphatic rings. The first-order valence-corrected chi connectivity index (χ1v) is 5.87. The van der Waals surface area contributed by atoms with Crippen LogP contribution in [0.25, 0.3) is 0 Å². The summed E-state index contributed by atoms with van der Waals surface area (Å²) in [5.41, 5.74) is 3.00. The second-order valence-corrected chi connectivity index (χ2v) is 4.85. The molecule has 0 bridgehead atoms. The van der Waals surface area contributed by atoms with Crippen LogP contribution in [0.4, 0.5) is 5.69 Å². The molecule has 0 amide bonds. The zero-order valence-electron chi connectivity index (χ0n) is 9.92. The van der Waals surface area contributed by atoms with E-state index in [0.717, 1.165) is 25.3 Å². The molecule has 0 radical (unpaired) electrons. The van der Waals surface area contributed by atoms with E-state index >= 15 is 0 Å². The molecule has 3 nitrogen and oxygen atoms in total. The van der Waals surface area contributed by atoms with Crippen LogP contribution < -0.4 is 15.0 Å². The molecule has 3 rings (SSSR count). The van der Waals surface area contributed by atoms with Gasteiger partial charge in [-0.2, -0.15) is 0 Å². The number of likely N-dealkylation sites (N-methyl/N-ethyl adjacent to an activating group) is 1. The van der Waals surface area contributed by atoms with Gasteiger partial charge in [-0.25, -0.2) is 0 Å². The highest BCUT2D eigenvalue weighted by Crippen LogP contribution is 2.45. The second kappa shape index (κ2) is 3.39. The summed E-state index contributed by atoms with van der Waals surface area (Å²) in [6, 6.07) is 6.37. The van der Waals surface area contributed by atoms with E-state index in [9.17, 15) is 0 Å². The van der Waals surface area contributed by atoms with Crippen molar-refractivity contribution in [3.8, 4) is 5.75 Å². The molecule has 1 atom stereocenters. The molecule has 86 valence electrons. The van der Waals surface area contributed by atoms with Gasteiger partial charge in [-0.1, -0.05) is 12.1 Å². The Labute approximate surface area is 96.4 Å². The number of fused-ring (bicyclic) bond motifs is 1. The van der Waals surface area contributed by atoms with Crippen LogP contribution in [0.2, 0.25) is 0 Å². The minimum Gasteiger partial charge on any atom is -0.495 e. The van der Waals surface area contributed by atoms with Crippen molar-refractivity contribution >= 4 is 5.69 Å². The Kier molecular flexibility index (Phi) is 2.11. The largest absolute Gasteiger partial charge is 0.495 e. The lowest BCUT2D eigenvalue weighted by Gasteiger charge is -2.33. The third-order valence-electron chi connectivity index (χ3n) is 4.09. The summed E-state index contributed by atoms with van der Waals surface area (Å²) < 4.78 is 5.47. The predicted molar refractivity (Wildman–Crippen MR) is 65.3 cm³/mol. The number of anilines is 1. The van der Waals surface area contributed by atoms with E-state index in [-0.39, 0.29) is 5.54 Å². The molecular formula is C13H18N2O. The first-order chi connectivity index (χ1) is 7.77. The molecule has 0 aliphatic carbocycles. The molecule has 1 fully saturated rings. The van der Waals surface area contributed by atoms with Crippen LogP contribution in [-0.4, -0.2) is 32.8 Å². The Balaban J connectivity index is 2.07. The van der Waals surface area contributed by atoms with E-state index in [1.54, 1.807) is 7.11 Å². The van der Waals surface area contributed by atoms with Gasteiger partial charge in [0.15, 0.2) is 0 Å². The number of methoxy groups -OCH3 is 1. The summed E-state index contributed by atoms with van der Waals surface area (Å²) >= 11 is 0. The fourth-order valence-corrected chi connectivity index (χ4v) is 3.13. The summed E-state index contributed by atoms with van der Waals surface area (Å²) in [6.45, 7) is 2.21. The average Bonchev–Trinajstić information content (AvgIpc) is 2.87. The second-order valence-electron chi connectivity index (χ2n) is 4.85. The van der Waals surface area contributed by atoms with E-state index in [2.05, 4.69) is 35.5 Å². The van der Waals surface area contributed by atoms with Crippen LogP contribution >= 0.6 is 0 Å². The lowest BCUT2D eigenvalue weighted by Crippen LogP contribution is -2.46. The third kappa shape index (κ3) is 1.18. The van der Waals surface area contributed by atoms with E-state index in [0.29, 0.717) is 0 Å². The molecular weight excluding hydrogens is 200 g/mol. The van der Waals surface area contributed by atoms with Crippen molar-refractivity contribution in [1.82, 2.24) is 5.32 Å². The molecule has 1 aromatic carbocycles. The molecule has 1 unspecified atom stereocenters. The zero-order valence-corrected chi connectivity index (χ0v) is 9.92. The highest BCUT2D eigenvalue weighted by atomic mass is 16.5. The van der Waals surface area contributed by atoms with Gasteiger partial charge in [0.25, 0.3) is 0 Å². The quantitative estimate of drug-likeness (QED) is 0.771. The van der Waals surface area contributed by atoms with Gasteiger partial charge < -0.3 is 15.0 Å². The predicted octanol–water partition coefficient (Wildman–Crippen LogP) is 1.42. The Morgan fingerprint density at radius 3 is 3.00 bits per heavy atom. The molecule has 2 aliphatic heterocycles. The smallest absolute Gasteiger partial charge is 0.142 e. The maximum Gasteiger partial charge on any atom is 0.142 e. The molecule has 1 aromatic rings. The number of benzene rings is 1. The molecule has 1 N–H and O–H groups in total. The van der Waals surface area contributed by atoms with Gasteiger partial charge >= 0.3 is 0 Å². The Morgan fingerprint density at radius 2 is 2.31 bits per heavy atom. The Morgan fingerprint density at radius 1 is 1.44 bits per heavy atom. The van der Waals surface area contributed by atoms with Crippen LogP contribution in [0.15, 0.2) is 18.2 Å². The maximum atomic E-state index is 5.47. The van der Waals surface area contributed by atoms with Gasteiger partial charge in [0.1, 0.15) is 5.75 Å². The summed E-state index contributed by atoms with van der Waals surface area (Å²) in [7, 11) is 3.95. The minimum atomic E-state index is 0.289. The van der Waals surface area contributed by atoms with E-state index < -0.39 is 0 Å². The molecule has 2 heterocycles. The third-order valence-corrected chi connectivity index (χ3v) is 4.09. The fraction of sp³-hybridized carbons (Fsp3) is 0.538. The molecule has 0 aromatic heterocycles. The maximum absolute atomic E-state index is 5.47. The number of nitrogens with one attached hydrogen (secondary N) is 1. The van der Waals surface area contributed by atoms with Crippen LogP contribution in [0.5, 0.6) is 5.75 Å². The monoisotopic (exact) mass is 218 g/mol. The van der Waals surface area contributed by atoms with Crippen molar-refractivity contribution < 1.29 is 4.74 Å². The van der Waals surface area contributed by atoms with Gasteiger partial charge in [0.05, 0.1) is 18.3 Å². The van der Waals surface area contributed by atoms with Crippen molar-refractivity contribution in [2.75, 3.05) is 32.1 Å². The Bertz CT molecular complexity index is 410.